The minimum absolute atomic E-state index is 0.0661. The standard InChI is InChI=1S/C11H13BrFN/c1-2-14-10-6-3-7-9(13)5-4-8(12)11(7)10/h4-5,10,14H,2-3,6H2,1H3. The van der Waals surface area contributed by atoms with Gasteiger partial charge in [-0.2, -0.15) is 0 Å². The SMILES string of the molecule is CCNC1CCc2c(F)ccc(Br)c21. The second-order valence-corrected chi connectivity index (χ2v) is 4.42. The van der Waals surface area contributed by atoms with Gasteiger partial charge in [-0.15, -0.1) is 0 Å². The Morgan fingerprint density at radius 3 is 3.07 bits per heavy atom. The molecule has 1 nitrogen and oxygen atoms in total. The number of fused-ring (bicyclic) bond motifs is 1. The van der Waals surface area contributed by atoms with Crippen LogP contribution >= 0.6 is 15.9 Å². The second-order valence-electron chi connectivity index (χ2n) is 3.57. The third-order valence-corrected chi connectivity index (χ3v) is 3.42. The molecule has 0 bridgehead atoms. The van der Waals surface area contributed by atoms with E-state index in [4.69, 9.17) is 0 Å². The topological polar surface area (TPSA) is 12.0 Å². The fourth-order valence-corrected chi connectivity index (χ4v) is 2.77. The Bertz CT molecular complexity index is 351. The summed E-state index contributed by atoms with van der Waals surface area (Å²) < 4.78 is 14.5. The Kier molecular flexibility index (Phi) is 2.88. The lowest BCUT2D eigenvalue weighted by Crippen LogP contribution is -2.18. The van der Waals surface area contributed by atoms with Crippen LogP contribution in [-0.2, 0) is 6.42 Å². The van der Waals surface area contributed by atoms with Crippen molar-refractivity contribution in [3.63, 3.8) is 0 Å². The summed E-state index contributed by atoms with van der Waals surface area (Å²) in [5, 5.41) is 3.37. The lowest BCUT2D eigenvalue weighted by atomic mass is 10.1. The molecule has 1 aromatic carbocycles. The monoisotopic (exact) mass is 257 g/mol. The van der Waals surface area contributed by atoms with Crippen molar-refractivity contribution in [1.82, 2.24) is 5.32 Å². The molecule has 1 aromatic rings. The molecule has 0 heterocycles. The maximum Gasteiger partial charge on any atom is 0.126 e. The fraction of sp³-hybridized carbons (Fsp3) is 0.455. The predicted octanol–water partition coefficient (Wildman–Crippen LogP) is 3.19. The Hall–Kier alpha value is -0.410. The van der Waals surface area contributed by atoms with Gasteiger partial charge in [0.2, 0.25) is 0 Å². The first-order chi connectivity index (χ1) is 6.74. The Morgan fingerprint density at radius 2 is 2.36 bits per heavy atom. The molecule has 0 spiro atoms. The summed E-state index contributed by atoms with van der Waals surface area (Å²) in [7, 11) is 0. The van der Waals surface area contributed by atoms with Crippen LogP contribution in [0.2, 0.25) is 0 Å². The van der Waals surface area contributed by atoms with Crippen molar-refractivity contribution in [2.24, 2.45) is 0 Å². The van der Waals surface area contributed by atoms with Crippen LogP contribution in [0.15, 0.2) is 16.6 Å². The van der Waals surface area contributed by atoms with Crippen LogP contribution < -0.4 is 5.32 Å². The number of benzene rings is 1. The molecule has 0 aromatic heterocycles. The molecule has 1 atom stereocenters. The Labute approximate surface area is 91.8 Å². The van der Waals surface area contributed by atoms with Crippen molar-refractivity contribution in [2.45, 2.75) is 25.8 Å². The summed E-state index contributed by atoms with van der Waals surface area (Å²) in [5.41, 5.74) is 2.00. The molecule has 1 aliphatic rings. The van der Waals surface area contributed by atoms with Gasteiger partial charge in [-0.3, -0.25) is 0 Å². The molecule has 1 unspecified atom stereocenters. The second kappa shape index (κ2) is 3.99. The average Bonchev–Trinajstić information content (AvgIpc) is 2.58. The Balaban J connectivity index is 2.42. The summed E-state index contributed by atoms with van der Waals surface area (Å²) in [6.45, 7) is 3.00. The van der Waals surface area contributed by atoms with Crippen molar-refractivity contribution in [3.05, 3.63) is 33.5 Å². The van der Waals surface area contributed by atoms with E-state index in [1.165, 1.54) is 6.07 Å². The van der Waals surface area contributed by atoms with Crippen LogP contribution in [0.5, 0.6) is 0 Å². The molecule has 1 aliphatic carbocycles. The van der Waals surface area contributed by atoms with Crippen molar-refractivity contribution in [1.29, 1.82) is 0 Å². The van der Waals surface area contributed by atoms with Gasteiger partial charge in [-0.1, -0.05) is 22.9 Å². The smallest absolute Gasteiger partial charge is 0.126 e. The third-order valence-electron chi connectivity index (χ3n) is 2.73. The number of halogens is 2. The molecule has 3 heteroatoms. The van der Waals surface area contributed by atoms with E-state index in [1.54, 1.807) is 6.07 Å². The van der Waals surface area contributed by atoms with Crippen LogP contribution in [0.3, 0.4) is 0 Å². The molecule has 0 saturated carbocycles. The van der Waals surface area contributed by atoms with Gasteiger partial charge in [0, 0.05) is 10.5 Å². The maximum absolute atomic E-state index is 13.4. The van der Waals surface area contributed by atoms with Crippen LogP contribution in [0, 0.1) is 5.82 Å². The molecule has 0 saturated heterocycles. The fourth-order valence-electron chi connectivity index (χ4n) is 2.12. The predicted molar refractivity (Wildman–Crippen MR) is 58.8 cm³/mol. The third kappa shape index (κ3) is 1.59. The Morgan fingerprint density at radius 1 is 1.57 bits per heavy atom. The number of rotatable bonds is 2. The summed E-state index contributed by atoms with van der Waals surface area (Å²) in [6.07, 6.45) is 1.85. The first-order valence-electron chi connectivity index (χ1n) is 4.94. The molecule has 0 aliphatic heterocycles. The minimum Gasteiger partial charge on any atom is -0.310 e. The zero-order valence-corrected chi connectivity index (χ0v) is 9.70. The molecule has 0 radical (unpaired) electrons. The minimum atomic E-state index is -0.0661. The molecule has 0 fully saturated rings. The molecule has 1 N–H and O–H groups in total. The zero-order valence-electron chi connectivity index (χ0n) is 8.11. The van der Waals surface area contributed by atoms with Crippen LogP contribution in [0.25, 0.3) is 0 Å². The molecule has 0 amide bonds. The highest BCUT2D eigenvalue weighted by Crippen LogP contribution is 2.37. The van der Waals surface area contributed by atoms with E-state index in [9.17, 15) is 4.39 Å². The highest BCUT2D eigenvalue weighted by Gasteiger charge is 2.26. The quantitative estimate of drug-likeness (QED) is 0.859. The highest BCUT2D eigenvalue weighted by molar-refractivity contribution is 9.10. The van der Waals surface area contributed by atoms with E-state index in [0.717, 1.165) is 35.0 Å². The van der Waals surface area contributed by atoms with Gasteiger partial charge in [-0.25, -0.2) is 4.39 Å². The van der Waals surface area contributed by atoms with E-state index < -0.39 is 0 Å². The molecule has 14 heavy (non-hydrogen) atoms. The summed E-state index contributed by atoms with van der Waals surface area (Å²) in [4.78, 5) is 0. The molecular weight excluding hydrogens is 245 g/mol. The van der Waals surface area contributed by atoms with E-state index in [1.807, 2.05) is 0 Å². The average molecular weight is 258 g/mol. The molecule has 76 valence electrons. The van der Waals surface area contributed by atoms with Gasteiger partial charge in [0.25, 0.3) is 0 Å². The van der Waals surface area contributed by atoms with Crippen molar-refractivity contribution < 1.29 is 4.39 Å². The van der Waals surface area contributed by atoms with Crippen LogP contribution in [0.1, 0.15) is 30.5 Å². The lowest BCUT2D eigenvalue weighted by molar-refractivity contribution is 0.548. The van der Waals surface area contributed by atoms with Crippen molar-refractivity contribution in [3.8, 4) is 0 Å². The van der Waals surface area contributed by atoms with Gasteiger partial charge in [0.1, 0.15) is 5.82 Å². The largest absolute Gasteiger partial charge is 0.310 e. The first-order valence-corrected chi connectivity index (χ1v) is 5.73. The van der Waals surface area contributed by atoms with Crippen molar-refractivity contribution in [2.75, 3.05) is 6.54 Å². The van der Waals surface area contributed by atoms with Gasteiger partial charge in [0.15, 0.2) is 0 Å². The summed E-state index contributed by atoms with van der Waals surface area (Å²) in [5.74, 6) is -0.0661. The normalized spacial score (nSPS) is 19.8. The van der Waals surface area contributed by atoms with E-state index in [2.05, 4.69) is 28.2 Å². The van der Waals surface area contributed by atoms with Gasteiger partial charge >= 0.3 is 0 Å². The van der Waals surface area contributed by atoms with E-state index >= 15 is 0 Å². The van der Waals surface area contributed by atoms with E-state index in [0.29, 0.717) is 6.04 Å². The van der Waals surface area contributed by atoms with Crippen LogP contribution in [0.4, 0.5) is 4.39 Å². The highest BCUT2D eigenvalue weighted by atomic mass is 79.9. The summed E-state index contributed by atoms with van der Waals surface area (Å²) in [6, 6.07) is 3.65. The summed E-state index contributed by atoms with van der Waals surface area (Å²) >= 11 is 3.49. The van der Waals surface area contributed by atoms with E-state index in [-0.39, 0.29) is 5.82 Å². The van der Waals surface area contributed by atoms with Crippen LogP contribution in [-0.4, -0.2) is 6.54 Å². The van der Waals surface area contributed by atoms with Gasteiger partial charge in [0.05, 0.1) is 0 Å². The first kappa shape index (κ1) is 10.1. The maximum atomic E-state index is 13.4. The van der Waals surface area contributed by atoms with Gasteiger partial charge in [-0.05, 0) is 42.6 Å². The molecule has 2 rings (SSSR count). The molecular formula is C11H13BrFN. The van der Waals surface area contributed by atoms with Gasteiger partial charge < -0.3 is 5.32 Å². The number of hydrogen-bond acceptors (Lipinski definition) is 1. The lowest BCUT2D eigenvalue weighted by Gasteiger charge is -2.13. The zero-order chi connectivity index (χ0) is 10.1. The number of nitrogens with one attached hydrogen (secondary N) is 1. The van der Waals surface area contributed by atoms with Crippen molar-refractivity contribution >= 4 is 15.9 Å². The number of hydrogen-bond donors (Lipinski definition) is 1.